The Bertz CT molecular complexity index is 755. The molecule has 0 aromatic rings. The van der Waals surface area contributed by atoms with E-state index in [1.165, 1.54) is 11.1 Å². The Kier molecular flexibility index (Phi) is 11.8. The van der Waals surface area contributed by atoms with Crippen LogP contribution in [0, 0.1) is 46.6 Å². The molecule has 0 heterocycles. The van der Waals surface area contributed by atoms with Gasteiger partial charge in [-0.25, -0.2) is 0 Å². The number of allylic oxidation sites excluding steroid dienone is 4. The molecule has 150 valence electrons. The molecular weight excluding hydrogens is 368 g/mol. The van der Waals surface area contributed by atoms with E-state index in [0.717, 1.165) is 36.8 Å². The molecule has 0 atom stereocenters. The van der Waals surface area contributed by atoms with Crippen molar-refractivity contribution in [2.45, 2.75) is 92.7 Å². The molecule has 0 amide bonds. The van der Waals surface area contributed by atoms with Gasteiger partial charge in [0.05, 0.1) is 11.1 Å². The van der Waals surface area contributed by atoms with Gasteiger partial charge in [0, 0.05) is 12.8 Å². The first-order valence-corrected chi connectivity index (χ1v) is 17.2. The molecular formula is C26H38Si2. The Labute approximate surface area is 177 Å². The minimum Gasteiger partial charge on any atom is -0.126 e. The highest BCUT2D eigenvalue weighted by Crippen LogP contribution is 2.06. The van der Waals surface area contributed by atoms with Crippen molar-refractivity contribution in [3.05, 3.63) is 22.3 Å². The molecule has 0 aromatic carbocycles. The summed E-state index contributed by atoms with van der Waals surface area (Å²) in [5.74, 6) is 19.7. The van der Waals surface area contributed by atoms with Crippen molar-refractivity contribution in [2.75, 3.05) is 0 Å². The molecule has 0 saturated heterocycles. The van der Waals surface area contributed by atoms with Crippen LogP contribution in [-0.2, 0) is 0 Å². The van der Waals surface area contributed by atoms with Gasteiger partial charge >= 0.3 is 0 Å². The maximum Gasteiger partial charge on any atom is 0.129 e. The van der Waals surface area contributed by atoms with E-state index < -0.39 is 16.1 Å². The molecule has 0 aliphatic rings. The molecule has 0 aliphatic heterocycles. The summed E-state index contributed by atoms with van der Waals surface area (Å²) in [5.41, 5.74) is 11.2. The molecule has 28 heavy (non-hydrogen) atoms. The average molecular weight is 407 g/mol. The van der Waals surface area contributed by atoms with E-state index in [2.05, 4.69) is 114 Å². The van der Waals surface area contributed by atoms with Crippen molar-refractivity contribution in [1.82, 2.24) is 0 Å². The molecule has 0 N–H and O–H groups in total. The minimum absolute atomic E-state index is 0.901. The van der Waals surface area contributed by atoms with Crippen LogP contribution in [0.3, 0.4) is 0 Å². The first-order chi connectivity index (χ1) is 12.8. The van der Waals surface area contributed by atoms with Crippen LogP contribution in [0.15, 0.2) is 22.3 Å². The standard InChI is InChI=1S/C26H38Si2/c1-23(2)25(19-21-27(5,6)7)17-15-13-11-12-14-16-18-26(24(3)4)20-22-28(8,9)10/h11-14H2,1-10H3. The van der Waals surface area contributed by atoms with Crippen LogP contribution in [0.5, 0.6) is 0 Å². The van der Waals surface area contributed by atoms with Crippen molar-refractivity contribution in [2.24, 2.45) is 0 Å². The topological polar surface area (TPSA) is 0 Å². The zero-order valence-electron chi connectivity index (χ0n) is 19.8. The fraction of sp³-hybridized carbons (Fsp3) is 0.538. The third kappa shape index (κ3) is 15.2. The van der Waals surface area contributed by atoms with Gasteiger partial charge in [0.1, 0.15) is 16.1 Å². The Morgan fingerprint density at radius 3 is 1.11 bits per heavy atom. The molecule has 2 heteroatoms. The summed E-state index contributed by atoms with van der Waals surface area (Å²) in [6, 6.07) is 0. The molecule has 0 nitrogen and oxygen atoms in total. The summed E-state index contributed by atoms with van der Waals surface area (Å²) in [7, 11) is -2.72. The van der Waals surface area contributed by atoms with Gasteiger partial charge in [-0.15, -0.1) is 11.1 Å². The monoisotopic (exact) mass is 406 g/mol. The third-order valence-electron chi connectivity index (χ3n) is 3.41. The van der Waals surface area contributed by atoms with E-state index in [1.54, 1.807) is 0 Å². The predicted molar refractivity (Wildman–Crippen MR) is 133 cm³/mol. The van der Waals surface area contributed by atoms with Gasteiger partial charge in [-0.2, -0.15) is 0 Å². The summed E-state index contributed by atoms with van der Waals surface area (Å²) in [5, 5.41) is 0. The number of hydrogen-bond donors (Lipinski definition) is 0. The van der Waals surface area contributed by atoms with Gasteiger partial charge in [0.25, 0.3) is 0 Å². The van der Waals surface area contributed by atoms with E-state index in [0.29, 0.717) is 0 Å². The zero-order chi connectivity index (χ0) is 21.8. The largest absolute Gasteiger partial charge is 0.129 e. The van der Waals surface area contributed by atoms with Crippen LogP contribution in [0.25, 0.3) is 0 Å². The van der Waals surface area contributed by atoms with Crippen molar-refractivity contribution < 1.29 is 0 Å². The lowest BCUT2D eigenvalue weighted by Crippen LogP contribution is -2.16. The fourth-order valence-electron chi connectivity index (χ4n) is 1.79. The maximum absolute atomic E-state index is 3.41. The molecule has 0 bridgehead atoms. The first-order valence-electron chi connectivity index (χ1n) is 10.2. The van der Waals surface area contributed by atoms with E-state index >= 15 is 0 Å². The lowest BCUT2D eigenvalue weighted by molar-refractivity contribution is 0.782. The fourth-order valence-corrected chi connectivity index (χ4v) is 2.79. The lowest BCUT2D eigenvalue weighted by atomic mass is 10.1. The van der Waals surface area contributed by atoms with Crippen molar-refractivity contribution in [1.29, 1.82) is 0 Å². The molecule has 0 saturated carbocycles. The number of unbranched alkanes of at least 4 members (excludes halogenated alkanes) is 3. The highest BCUT2D eigenvalue weighted by Gasteiger charge is 2.08. The van der Waals surface area contributed by atoms with Gasteiger partial charge in [0.15, 0.2) is 0 Å². The highest BCUT2D eigenvalue weighted by atomic mass is 28.3. The van der Waals surface area contributed by atoms with E-state index in [9.17, 15) is 0 Å². The van der Waals surface area contributed by atoms with Crippen LogP contribution in [0.4, 0.5) is 0 Å². The van der Waals surface area contributed by atoms with Gasteiger partial charge in [-0.05, 0) is 40.5 Å². The predicted octanol–water partition coefficient (Wildman–Crippen LogP) is 6.99. The summed E-state index contributed by atoms with van der Waals surface area (Å²) < 4.78 is 0. The SMILES string of the molecule is CC(C)=C(C#CCCCCC#CC(C#C[Si](C)(C)C)=C(C)C)C#C[Si](C)(C)C. The second-order valence-electron chi connectivity index (χ2n) is 9.56. The van der Waals surface area contributed by atoms with Gasteiger partial charge in [0.2, 0.25) is 0 Å². The van der Waals surface area contributed by atoms with Crippen LogP contribution >= 0.6 is 0 Å². The minimum atomic E-state index is -1.36. The summed E-state index contributed by atoms with van der Waals surface area (Å²) in [4.78, 5) is 0. The zero-order valence-corrected chi connectivity index (χ0v) is 21.8. The quantitative estimate of drug-likeness (QED) is 0.269. The molecule has 0 rings (SSSR count). The third-order valence-corrected chi connectivity index (χ3v) is 5.16. The van der Waals surface area contributed by atoms with Crippen LogP contribution < -0.4 is 0 Å². The van der Waals surface area contributed by atoms with Gasteiger partial charge in [-0.3, -0.25) is 0 Å². The second-order valence-corrected chi connectivity index (χ2v) is 19.1. The smallest absolute Gasteiger partial charge is 0.126 e. The van der Waals surface area contributed by atoms with E-state index in [1.807, 2.05) is 0 Å². The first kappa shape index (κ1) is 26.2. The molecule has 0 radical (unpaired) electrons. The summed E-state index contributed by atoms with van der Waals surface area (Å²) >= 11 is 0. The molecule has 0 fully saturated rings. The Balaban J connectivity index is 4.65. The van der Waals surface area contributed by atoms with Crippen molar-refractivity contribution in [3.63, 3.8) is 0 Å². The number of hydrogen-bond acceptors (Lipinski definition) is 0. The number of rotatable bonds is 3. The van der Waals surface area contributed by atoms with Gasteiger partial charge < -0.3 is 0 Å². The highest BCUT2D eigenvalue weighted by molar-refractivity contribution is 6.84. The van der Waals surface area contributed by atoms with Crippen molar-refractivity contribution >= 4 is 16.1 Å². The normalized spacial score (nSPS) is 9.93. The summed E-state index contributed by atoms with van der Waals surface area (Å²) in [6.07, 6.45) is 3.95. The van der Waals surface area contributed by atoms with Crippen molar-refractivity contribution in [3.8, 4) is 46.6 Å². The summed E-state index contributed by atoms with van der Waals surface area (Å²) in [6.45, 7) is 21.9. The molecule has 0 aliphatic carbocycles. The Hall–Kier alpha value is -1.85. The molecule has 0 spiro atoms. The Morgan fingerprint density at radius 1 is 0.536 bits per heavy atom. The second kappa shape index (κ2) is 12.6. The van der Waals surface area contributed by atoms with Crippen LogP contribution in [0.1, 0.15) is 53.4 Å². The van der Waals surface area contributed by atoms with E-state index in [4.69, 9.17) is 0 Å². The lowest BCUT2D eigenvalue weighted by Gasteiger charge is -2.03. The maximum atomic E-state index is 3.41. The van der Waals surface area contributed by atoms with Crippen LogP contribution in [0.2, 0.25) is 39.3 Å². The van der Waals surface area contributed by atoms with E-state index in [-0.39, 0.29) is 0 Å². The Morgan fingerprint density at radius 2 is 0.857 bits per heavy atom. The average Bonchev–Trinajstić information content (AvgIpc) is 2.52. The van der Waals surface area contributed by atoms with Gasteiger partial charge in [-0.1, -0.05) is 86.0 Å². The molecule has 0 unspecified atom stereocenters. The molecule has 0 aromatic heterocycles. The van der Waals surface area contributed by atoms with Crippen LogP contribution in [-0.4, -0.2) is 16.1 Å².